The van der Waals surface area contributed by atoms with Crippen LogP contribution in [0.3, 0.4) is 0 Å². The molecule has 5 heteroatoms. The van der Waals surface area contributed by atoms with Gasteiger partial charge in [-0.05, 0) is 40.0 Å². The van der Waals surface area contributed by atoms with E-state index in [2.05, 4.69) is 12.0 Å². The van der Waals surface area contributed by atoms with Crippen molar-refractivity contribution in [2.75, 3.05) is 20.8 Å². The molecule has 0 aromatic carbocycles. The Bertz CT molecular complexity index is 366. The number of methoxy groups -OCH3 is 1. The van der Waals surface area contributed by atoms with Crippen LogP contribution in [0, 0.1) is 0 Å². The summed E-state index contributed by atoms with van der Waals surface area (Å²) in [4.78, 5) is 12.1. The summed E-state index contributed by atoms with van der Waals surface area (Å²) in [5.41, 5.74) is -0.692. The van der Waals surface area contributed by atoms with E-state index in [4.69, 9.17) is 9.47 Å². The highest BCUT2D eigenvalue weighted by Crippen LogP contribution is 2.32. The lowest BCUT2D eigenvalue weighted by Crippen LogP contribution is -2.53. The van der Waals surface area contributed by atoms with Crippen LogP contribution in [-0.4, -0.2) is 55.3 Å². The van der Waals surface area contributed by atoms with Gasteiger partial charge in [-0.3, -0.25) is 0 Å². The monoisotopic (exact) mass is 299 g/mol. The second kappa shape index (κ2) is 7.25. The largest absolute Gasteiger partial charge is 0.444 e. The Morgan fingerprint density at radius 3 is 2.38 bits per heavy atom. The SMILES string of the molecule is C=[N+](C)C1CCC(CCOC)(NC(=O)OC(C)(C)C)CC1. The smallest absolute Gasteiger partial charge is 0.408 e. The minimum Gasteiger partial charge on any atom is -0.444 e. The lowest BCUT2D eigenvalue weighted by molar-refractivity contribution is -0.534. The van der Waals surface area contributed by atoms with Crippen LogP contribution >= 0.6 is 0 Å². The molecule has 1 rings (SSSR count). The zero-order chi connectivity index (χ0) is 16.1. The fraction of sp³-hybridized carbons (Fsp3) is 0.875. The average Bonchev–Trinajstić information content (AvgIpc) is 2.34. The van der Waals surface area contributed by atoms with Crippen LogP contribution in [0.25, 0.3) is 0 Å². The van der Waals surface area contributed by atoms with Crippen molar-refractivity contribution in [2.24, 2.45) is 0 Å². The predicted molar refractivity (Wildman–Crippen MR) is 84.2 cm³/mol. The van der Waals surface area contributed by atoms with Crippen molar-refractivity contribution in [1.29, 1.82) is 0 Å². The van der Waals surface area contributed by atoms with E-state index in [1.165, 1.54) is 0 Å². The van der Waals surface area contributed by atoms with Crippen LogP contribution < -0.4 is 5.32 Å². The number of hydrogen-bond donors (Lipinski definition) is 1. The maximum atomic E-state index is 12.1. The molecule has 1 N–H and O–H groups in total. The standard InChI is InChI=1S/C16H30N2O3/c1-15(2,3)21-14(19)17-16(11-12-20-6)9-7-13(8-10-16)18(4)5/h13H,4,7-12H2,1-3,5-6H3/p+1. The highest BCUT2D eigenvalue weighted by Gasteiger charge is 2.39. The van der Waals surface area contributed by atoms with Gasteiger partial charge in [-0.25, -0.2) is 9.37 Å². The molecule has 0 bridgehead atoms. The molecule has 122 valence electrons. The summed E-state index contributed by atoms with van der Waals surface area (Å²) in [6.45, 7) is 10.3. The molecule has 5 nitrogen and oxygen atoms in total. The van der Waals surface area contributed by atoms with Gasteiger partial charge in [0.15, 0.2) is 6.04 Å². The molecule has 0 saturated heterocycles. The topological polar surface area (TPSA) is 50.6 Å². The van der Waals surface area contributed by atoms with Crippen molar-refractivity contribution in [2.45, 2.75) is 70.1 Å². The van der Waals surface area contributed by atoms with Crippen molar-refractivity contribution in [3.05, 3.63) is 0 Å². The normalized spacial score (nSPS) is 26.2. The lowest BCUT2D eigenvalue weighted by Gasteiger charge is -2.39. The summed E-state index contributed by atoms with van der Waals surface area (Å²) in [7, 11) is 3.70. The summed E-state index contributed by atoms with van der Waals surface area (Å²) >= 11 is 0. The van der Waals surface area contributed by atoms with Crippen LogP contribution in [0.15, 0.2) is 0 Å². The quantitative estimate of drug-likeness (QED) is 0.627. The second-order valence-electron chi connectivity index (χ2n) is 7.14. The third-order valence-corrected chi connectivity index (χ3v) is 4.09. The maximum absolute atomic E-state index is 12.1. The van der Waals surface area contributed by atoms with Gasteiger partial charge >= 0.3 is 6.09 Å². The van der Waals surface area contributed by atoms with E-state index in [0.717, 1.165) is 32.1 Å². The number of alkyl carbamates (subject to hydrolysis) is 1. The van der Waals surface area contributed by atoms with Gasteiger partial charge in [-0.1, -0.05) is 0 Å². The molecular formula is C16H31N2O3+. The number of carbonyl (C=O) groups is 1. The Labute approximate surface area is 128 Å². The Hall–Kier alpha value is -1.10. The molecule has 0 heterocycles. The van der Waals surface area contributed by atoms with Gasteiger partial charge < -0.3 is 14.8 Å². The number of carbonyl (C=O) groups excluding carboxylic acids is 1. The minimum absolute atomic E-state index is 0.217. The molecule has 0 radical (unpaired) electrons. The van der Waals surface area contributed by atoms with E-state index in [-0.39, 0.29) is 11.6 Å². The first-order valence-electron chi connectivity index (χ1n) is 7.71. The molecular weight excluding hydrogens is 268 g/mol. The number of nitrogens with one attached hydrogen (secondary N) is 1. The molecule has 1 aliphatic rings. The summed E-state index contributed by atoms with van der Waals surface area (Å²) in [6, 6.07) is 0.487. The second-order valence-corrected chi connectivity index (χ2v) is 7.14. The molecule has 1 aliphatic carbocycles. The lowest BCUT2D eigenvalue weighted by atomic mass is 9.77. The summed E-state index contributed by atoms with van der Waals surface area (Å²) in [5, 5.41) is 3.10. The molecule has 0 spiro atoms. The van der Waals surface area contributed by atoms with Crippen molar-refractivity contribution >= 4 is 12.8 Å². The summed E-state index contributed by atoms with van der Waals surface area (Å²) < 4.78 is 12.6. The van der Waals surface area contributed by atoms with E-state index in [1.807, 2.05) is 32.4 Å². The first-order valence-corrected chi connectivity index (χ1v) is 7.71. The average molecular weight is 299 g/mol. The van der Waals surface area contributed by atoms with E-state index in [1.54, 1.807) is 7.11 Å². The van der Waals surface area contributed by atoms with E-state index in [9.17, 15) is 4.79 Å². The van der Waals surface area contributed by atoms with Gasteiger partial charge in [0.2, 0.25) is 0 Å². The van der Waals surface area contributed by atoms with Crippen molar-refractivity contribution in [3.8, 4) is 0 Å². The first-order chi connectivity index (χ1) is 9.67. The Morgan fingerprint density at radius 2 is 1.95 bits per heavy atom. The van der Waals surface area contributed by atoms with Gasteiger partial charge in [0.05, 0.1) is 0 Å². The third-order valence-electron chi connectivity index (χ3n) is 4.09. The van der Waals surface area contributed by atoms with Gasteiger partial charge in [-0.15, -0.1) is 0 Å². The number of hydrogen-bond acceptors (Lipinski definition) is 3. The fourth-order valence-electron chi connectivity index (χ4n) is 2.85. The van der Waals surface area contributed by atoms with E-state index < -0.39 is 5.60 Å². The van der Waals surface area contributed by atoms with Gasteiger partial charge in [0.25, 0.3) is 0 Å². The van der Waals surface area contributed by atoms with Crippen molar-refractivity contribution in [1.82, 2.24) is 5.32 Å². The Morgan fingerprint density at radius 1 is 1.38 bits per heavy atom. The Balaban J connectivity index is 2.67. The van der Waals surface area contributed by atoms with Gasteiger partial charge in [0.1, 0.15) is 19.4 Å². The summed E-state index contributed by atoms with van der Waals surface area (Å²) in [5.74, 6) is 0. The minimum atomic E-state index is -0.475. The molecule has 0 atom stereocenters. The molecule has 0 unspecified atom stereocenters. The van der Waals surface area contributed by atoms with Crippen LogP contribution in [0.5, 0.6) is 0 Å². The molecule has 0 aromatic rings. The molecule has 21 heavy (non-hydrogen) atoms. The van der Waals surface area contributed by atoms with Crippen LogP contribution in [0.2, 0.25) is 0 Å². The van der Waals surface area contributed by atoms with Crippen LogP contribution in [0.4, 0.5) is 4.79 Å². The third kappa shape index (κ3) is 6.04. The fourth-order valence-corrected chi connectivity index (χ4v) is 2.85. The number of amides is 1. The Kier molecular flexibility index (Phi) is 6.20. The van der Waals surface area contributed by atoms with Crippen molar-refractivity contribution < 1.29 is 18.8 Å². The number of rotatable bonds is 5. The molecule has 1 saturated carbocycles. The zero-order valence-electron chi connectivity index (χ0n) is 14.2. The van der Waals surface area contributed by atoms with E-state index >= 15 is 0 Å². The van der Waals surface area contributed by atoms with Crippen LogP contribution in [-0.2, 0) is 9.47 Å². The van der Waals surface area contributed by atoms with Gasteiger partial charge in [-0.2, -0.15) is 0 Å². The predicted octanol–water partition coefficient (Wildman–Crippen LogP) is 2.57. The molecule has 1 fully saturated rings. The zero-order valence-corrected chi connectivity index (χ0v) is 14.2. The first kappa shape index (κ1) is 18.0. The highest BCUT2D eigenvalue weighted by molar-refractivity contribution is 5.68. The number of nitrogens with zero attached hydrogens (tertiary/aromatic N) is 1. The van der Waals surface area contributed by atoms with E-state index in [0.29, 0.717) is 12.6 Å². The molecule has 0 aliphatic heterocycles. The molecule has 1 amide bonds. The highest BCUT2D eigenvalue weighted by atomic mass is 16.6. The van der Waals surface area contributed by atoms with Gasteiger partial charge in [0, 0.05) is 32.1 Å². The molecule has 0 aromatic heterocycles. The van der Waals surface area contributed by atoms with Crippen molar-refractivity contribution in [3.63, 3.8) is 0 Å². The summed E-state index contributed by atoms with van der Waals surface area (Å²) in [6.07, 6.45) is 4.40. The van der Waals surface area contributed by atoms with Crippen LogP contribution in [0.1, 0.15) is 52.9 Å². The maximum Gasteiger partial charge on any atom is 0.408 e. The number of ether oxygens (including phenoxy) is 2.